The van der Waals surface area contributed by atoms with Crippen molar-refractivity contribution >= 4 is 29.1 Å². The molecule has 0 unspecified atom stereocenters. The Kier molecular flexibility index (Phi) is 5.22. The Balaban J connectivity index is 2.14. The lowest BCUT2D eigenvalue weighted by molar-refractivity contribution is 0.590. The molecule has 1 saturated heterocycles. The second-order valence-electron chi connectivity index (χ2n) is 4.73. The highest BCUT2D eigenvalue weighted by atomic mass is 35.5. The first kappa shape index (κ1) is 14.0. The molecule has 1 aromatic carbocycles. The largest absolute Gasteiger partial charge is 0.371 e. The number of rotatable bonds is 4. The van der Waals surface area contributed by atoms with Crippen LogP contribution in [0.4, 0.5) is 5.69 Å². The second-order valence-corrected chi connectivity index (χ2v) is 6.31. The van der Waals surface area contributed by atoms with E-state index in [0.717, 1.165) is 29.8 Å². The predicted octanol–water partition coefficient (Wildman–Crippen LogP) is 3.17. The third-order valence-corrected chi connectivity index (χ3v) is 4.95. The first-order valence-corrected chi connectivity index (χ1v) is 8.17. The molecule has 1 heterocycles. The summed E-state index contributed by atoms with van der Waals surface area (Å²) in [5.74, 6) is 0. The van der Waals surface area contributed by atoms with Crippen molar-refractivity contribution in [2.24, 2.45) is 5.73 Å². The molecular formula is C14H21ClN2S. The van der Waals surface area contributed by atoms with E-state index in [-0.39, 0.29) is 0 Å². The van der Waals surface area contributed by atoms with Crippen molar-refractivity contribution in [2.75, 3.05) is 30.8 Å². The standard InChI is InChI=1S/C14H21ClN2S/c1-18-13-5-8-17(9-6-13)14-10-12(15)3-2-11(14)4-7-16/h2-3,10,13H,4-9,16H2,1H3. The third-order valence-electron chi connectivity index (χ3n) is 3.58. The molecule has 1 aliphatic rings. The normalized spacial score (nSPS) is 17.2. The van der Waals surface area contributed by atoms with Gasteiger partial charge in [0.15, 0.2) is 0 Å². The molecule has 0 saturated carbocycles. The Bertz CT molecular complexity index is 389. The van der Waals surface area contributed by atoms with Gasteiger partial charge in [0, 0.05) is 29.0 Å². The number of nitrogens with two attached hydrogens (primary N) is 1. The molecule has 0 atom stereocenters. The van der Waals surface area contributed by atoms with E-state index in [1.54, 1.807) is 0 Å². The van der Waals surface area contributed by atoms with Crippen molar-refractivity contribution in [1.29, 1.82) is 0 Å². The van der Waals surface area contributed by atoms with E-state index in [1.165, 1.54) is 24.1 Å². The number of piperidine rings is 1. The van der Waals surface area contributed by atoms with Gasteiger partial charge in [0.2, 0.25) is 0 Å². The van der Waals surface area contributed by atoms with Gasteiger partial charge in [-0.15, -0.1) is 0 Å². The number of thioether (sulfide) groups is 1. The second kappa shape index (κ2) is 6.69. The summed E-state index contributed by atoms with van der Waals surface area (Å²) in [5, 5.41) is 1.64. The van der Waals surface area contributed by atoms with E-state index in [9.17, 15) is 0 Å². The van der Waals surface area contributed by atoms with E-state index in [1.807, 2.05) is 17.8 Å². The van der Waals surface area contributed by atoms with E-state index in [2.05, 4.69) is 23.3 Å². The molecule has 1 aromatic rings. The van der Waals surface area contributed by atoms with Gasteiger partial charge in [-0.2, -0.15) is 11.8 Å². The van der Waals surface area contributed by atoms with Crippen LogP contribution < -0.4 is 10.6 Å². The number of hydrogen-bond acceptors (Lipinski definition) is 3. The fourth-order valence-corrected chi connectivity index (χ4v) is 3.38. The Labute approximate surface area is 119 Å². The molecule has 4 heteroatoms. The minimum atomic E-state index is 0.690. The molecule has 1 aliphatic heterocycles. The van der Waals surface area contributed by atoms with Gasteiger partial charge >= 0.3 is 0 Å². The summed E-state index contributed by atoms with van der Waals surface area (Å²) in [6.07, 6.45) is 5.65. The molecule has 2 rings (SSSR count). The Morgan fingerprint density at radius 1 is 1.39 bits per heavy atom. The lowest BCUT2D eigenvalue weighted by atomic mass is 10.0. The monoisotopic (exact) mass is 284 g/mol. The van der Waals surface area contributed by atoms with Crippen LogP contribution in [0, 0.1) is 0 Å². The molecule has 18 heavy (non-hydrogen) atoms. The fraction of sp³-hybridized carbons (Fsp3) is 0.571. The van der Waals surface area contributed by atoms with Gasteiger partial charge in [0.1, 0.15) is 0 Å². The molecular weight excluding hydrogens is 264 g/mol. The van der Waals surface area contributed by atoms with Crippen LogP contribution in [0.2, 0.25) is 5.02 Å². The zero-order valence-electron chi connectivity index (χ0n) is 10.9. The minimum Gasteiger partial charge on any atom is -0.371 e. The Morgan fingerprint density at radius 2 is 2.11 bits per heavy atom. The maximum atomic E-state index is 6.13. The minimum absolute atomic E-state index is 0.690. The maximum absolute atomic E-state index is 6.13. The number of anilines is 1. The lowest BCUT2D eigenvalue weighted by Crippen LogP contribution is -2.35. The molecule has 0 aliphatic carbocycles. The van der Waals surface area contributed by atoms with E-state index < -0.39 is 0 Å². The molecule has 0 amide bonds. The summed E-state index contributed by atoms with van der Waals surface area (Å²) in [7, 11) is 0. The molecule has 0 bridgehead atoms. The molecule has 2 nitrogen and oxygen atoms in total. The first-order valence-electron chi connectivity index (χ1n) is 6.51. The number of hydrogen-bond donors (Lipinski definition) is 1. The van der Waals surface area contributed by atoms with Crippen LogP contribution in [0.15, 0.2) is 18.2 Å². The van der Waals surface area contributed by atoms with Crippen molar-refractivity contribution in [3.8, 4) is 0 Å². The van der Waals surface area contributed by atoms with Crippen molar-refractivity contribution in [3.05, 3.63) is 28.8 Å². The van der Waals surface area contributed by atoms with Crippen LogP contribution in [-0.2, 0) is 6.42 Å². The van der Waals surface area contributed by atoms with Gasteiger partial charge < -0.3 is 10.6 Å². The number of nitrogens with zero attached hydrogens (tertiary/aromatic N) is 1. The smallest absolute Gasteiger partial charge is 0.0426 e. The van der Waals surface area contributed by atoms with E-state index in [4.69, 9.17) is 17.3 Å². The van der Waals surface area contributed by atoms with E-state index >= 15 is 0 Å². The van der Waals surface area contributed by atoms with Crippen molar-refractivity contribution in [3.63, 3.8) is 0 Å². The maximum Gasteiger partial charge on any atom is 0.0426 e. The van der Waals surface area contributed by atoms with Crippen molar-refractivity contribution in [1.82, 2.24) is 0 Å². The average Bonchev–Trinajstić information content (AvgIpc) is 2.41. The lowest BCUT2D eigenvalue weighted by Gasteiger charge is -2.34. The topological polar surface area (TPSA) is 29.3 Å². The number of halogens is 1. The number of benzene rings is 1. The summed E-state index contributed by atoms with van der Waals surface area (Å²) in [6, 6.07) is 6.17. The highest BCUT2D eigenvalue weighted by molar-refractivity contribution is 7.99. The summed E-state index contributed by atoms with van der Waals surface area (Å²) >= 11 is 8.12. The van der Waals surface area contributed by atoms with Gasteiger partial charge in [0.25, 0.3) is 0 Å². The SMILES string of the molecule is CSC1CCN(c2cc(Cl)ccc2CCN)CC1. The quantitative estimate of drug-likeness (QED) is 0.921. The van der Waals surface area contributed by atoms with Crippen LogP contribution in [-0.4, -0.2) is 31.1 Å². The average molecular weight is 285 g/mol. The summed E-state index contributed by atoms with van der Waals surface area (Å²) < 4.78 is 0. The summed E-state index contributed by atoms with van der Waals surface area (Å²) in [5.41, 5.74) is 8.29. The molecule has 1 fully saturated rings. The third kappa shape index (κ3) is 3.34. The molecule has 2 N–H and O–H groups in total. The molecule has 0 radical (unpaired) electrons. The van der Waals surface area contributed by atoms with Gasteiger partial charge in [-0.1, -0.05) is 17.7 Å². The molecule has 100 valence electrons. The van der Waals surface area contributed by atoms with Crippen molar-refractivity contribution < 1.29 is 0 Å². The van der Waals surface area contributed by atoms with Crippen LogP contribution >= 0.6 is 23.4 Å². The van der Waals surface area contributed by atoms with Gasteiger partial charge in [-0.3, -0.25) is 0 Å². The molecule has 0 aromatic heterocycles. The highest BCUT2D eigenvalue weighted by Gasteiger charge is 2.20. The molecule has 0 spiro atoms. The zero-order valence-corrected chi connectivity index (χ0v) is 12.4. The van der Waals surface area contributed by atoms with Gasteiger partial charge in [-0.25, -0.2) is 0 Å². The van der Waals surface area contributed by atoms with Crippen molar-refractivity contribution in [2.45, 2.75) is 24.5 Å². The zero-order chi connectivity index (χ0) is 13.0. The highest BCUT2D eigenvalue weighted by Crippen LogP contribution is 2.30. The first-order chi connectivity index (χ1) is 8.74. The predicted molar refractivity (Wildman–Crippen MR) is 83.0 cm³/mol. The Morgan fingerprint density at radius 3 is 2.72 bits per heavy atom. The van der Waals surface area contributed by atoms with Gasteiger partial charge in [0.05, 0.1) is 0 Å². The van der Waals surface area contributed by atoms with Crippen LogP contribution in [0.1, 0.15) is 18.4 Å². The Hall–Kier alpha value is -0.380. The van der Waals surface area contributed by atoms with E-state index in [0.29, 0.717) is 6.54 Å². The van der Waals surface area contributed by atoms with Gasteiger partial charge in [-0.05, 0) is 49.8 Å². The van der Waals surface area contributed by atoms with Crippen LogP contribution in [0.5, 0.6) is 0 Å². The van der Waals surface area contributed by atoms with Crippen LogP contribution in [0.3, 0.4) is 0 Å². The summed E-state index contributed by atoms with van der Waals surface area (Å²) in [4.78, 5) is 2.46. The van der Waals surface area contributed by atoms with Crippen LogP contribution in [0.25, 0.3) is 0 Å². The summed E-state index contributed by atoms with van der Waals surface area (Å²) in [6.45, 7) is 2.95. The fourth-order valence-electron chi connectivity index (χ4n) is 2.53.